The molecule has 60 heavy (non-hydrogen) atoms. The van der Waals surface area contributed by atoms with Crippen LogP contribution in [0.5, 0.6) is 0 Å². The highest BCUT2D eigenvalue weighted by Gasteiger charge is 2.54. The van der Waals surface area contributed by atoms with Crippen LogP contribution in [0, 0.1) is 0 Å². The average Bonchev–Trinajstić information content (AvgIpc) is 3.82. The molecule has 10 aromatic rings. The lowest BCUT2D eigenvalue weighted by molar-refractivity contribution is 0.775. The van der Waals surface area contributed by atoms with Gasteiger partial charge in [0.2, 0.25) is 6.71 Å². The third kappa shape index (κ3) is 4.53. The Morgan fingerprint density at radius 1 is 0.317 bits per heavy atom. The molecule has 0 saturated heterocycles. The minimum atomic E-state index is -0.399. The molecule has 1 aromatic heterocycles. The molecule has 3 heterocycles. The molecule has 0 N–H and O–H groups in total. The van der Waals surface area contributed by atoms with Gasteiger partial charge >= 0.3 is 0 Å². The molecule has 13 rings (SSSR count). The van der Waals surface area contributed by atoms with Crippen molar-refractivity contribution >= 4 is 33.9 Å². The monoisotopic (exact) mass is 759 g/mol. The maximum atomic E-state index is 5.14. The summed E-state index contributed by atoms with van der Waals surface area (Å²) in [6.07, 6.45) is 0. The summed E-state index contributed by atoms with van der Waals surface area (Å²) in [5, 5.41) is 2.27. The van der Waals surface area contributed by atoms with Crippen molar-refractivity contribution in [3.63, 3.8) is 0 Å². The van der Waals surface area contributed by atoms with Gasteiger partial charge in [0.15, 0.2) is 17.5 Å². The van der Waals surface area contributed by atoms with Crippen LogP contribution in [0.3, 0.4) is 0 Å². The first-order valence-electron chi connectivity index (χ1n) is 20.7. The summed E-state index contributed by atoms with van der Waals surface area (Å²) in [5.41, 5.74) is 19.9. The van der Waals surface area contributed by atoms with Gasteiger partial charge in [0.05, 0.1) is 5.41 Å². The minimum Gasteiger partial charge on any atom is -0.208 e. The van der Waals surface area contributed by atoms with Gasteiger partial charge in [0, 0.05) is 16.7 Å². The predicted octanol–water partition coefficient (Wildman–Crippen LogP) is 10.9. The van der Waals surface area contributed by atoms with Crippen molar-refractivity contribution in [2.75, 3.05) is 0 Å². The first-order chi connectivity index (χ1) is 29.8. The van der Waals surface area contributed by atoms with E-state index in [0.717, 1.165) is 33.0 Å². The molecule has 0 saturated carbocycles. The standard InChI is InChI=1S/C56H34BN3/c1-2-16-37(17-3-1)53-58-54(60-55(59-53)43-23-12-18-35-15-4-5-19-39(35)43)38-33-31-36(32-34-38)40-22-14-30-50-51(40)44-24-13-28-48-52(44)57(50)49-29-11-10-27-47(49)56(48)45-25-8-6-20-41(45)42-21-7-9-26-46(42)56/h1-34H. The van der Waals surface area contributed by atoms with Gasteiger partial charge in [-0.2, -0.15) is 0 Å². The second-order valence-electron chi connectivity index (χ2n) is 16.2. The molecule has 3 aliphatic rings. The molecular weight excluding hydrogens is 725 g/mol. The fourth-order valence-corrected chi connectivity index (χ4v) is 10.9. The van der Waals surface area contributed by atoms with Crippen molar-refractivity contribution in [1.29, 1.82) is 0 Å². The summed E-state index contributed by atoms with van der Waals surface area (Å²) in [5.74, 6) is 1.97. The molecule has 276 valence electrons. The quantitative estimate of drug-likeness (QED) is 0.168. The lowest BCUT2D eigenvalue weighted by Gasteiger charge is -2.42. The van der Waals surface area contributed by atoms with E-state index in [-0.39, 0.29) is 6.71 Å². The Hall–Kier alpha value is -7.69. The molecule has 3 nitrogen and oxygen atoms in total. The van der Waals surface area contributed by atoms with Crippen LogP contribution in [-0.4, -0.2) is 21.7 Å². The maximum absolute atomic E-state index is 5.14. The van der Waals surface area contributed by atoms with E-state index in [1.165, 1.54) is 66.5 Å². The lowest BCUT2D eigenvalue weighted by atomic mass is 9.32. The summed E-state index contributed by atoms with van der Waals surface area (Å²) >= 11 is 0. The normalized spacial score (nSPS) is 13.4. The largest absolute Gasteiger partial charge is 0.243 e. The Labute approximate surface area is 348 Å². The van der Waals surface area contributed by atoms with Crippen LogP contribution in [0.1, 0.15) is 22.3 Å². The smallest absolute Gasteiger partial charge is 0.208 e. The van der Waals surface area contributed by atoms with Crippen LogP contribution < -0.4 is 16.4 Å². The third-order valence-corrected chi connectivity index (χ3v) is 13.3. The molecule has 1 aliphatic carbocycles. The molecule has 0 radical (unpaired) electrons. The van der Waals surface area contributed by atoms with E-state index in [4.69, 9.17) is 15.0 Å². The topological polar surface area (TPSA) is 38.7 Å². The molecule has 0 fully saturated rings. The Kier molecular flexibility index (Phi) is 7.02. The molecule has 0 amide bonds. The zero-order chi connectivity index (χ0) is 39.4. The third-order valence-electron chi connectivity index (χ3n) is 13.3. The number of benzene rings is 9. The van der Waals surface area contributed by atoms with E-state index in [9.17, 15) is 0 Å². The van der Waals surface area contributed by atoms with E-state index in [2.05, 4.69) is 188 Å². The number of aromatic nitrogens is 3. The summed E-state index contributed by atoms with van der Waals surface area (Å²) in [7, 11) is 0. The fourth-order valence-electron chi connectivity index (χ4n) is 10.9. The van der Waals surface area contributed by atoms with Gasteiger partial charge in [-0.15, -0.1) is 0 Å². The number of rotatable bonds is 4. The molecular formula is C56H34BN3. The van der Waals surface area contributed by atoms with Crippen LogP contribution in [-0.2, 0) is 5.41 Å². The molecule has 4 heteroatoms. The van der Waals surface area contributed by atoms with E-state index in [1.54, 1.807) is 0 Å². The van der Waals surface area contributed by atoms with Gasteiger partial charge in [0.25, 0.3) is 0 Å². The van der Waals surface area contributed by atoms with Crippen molar-refractivity contribution in [3.05, 3.63) is 229 Å². The van der Waals surface area contributed by atoms with E-state index >= 15 is 0 Å². The van der Waals surface area contributed by atoms with E-state index < -0.39 is 5.41 Å². The SMILES string of the molecule is c1ccc(-c2nc(-c3ccc(-c4cccc5c4-c4cccc6c4B5c4ccccc4C64c5ccccc5-c5ccccc54)cc3)nc(-c3cccc4ccccc34)n2)cc1. The summed E-state index contributed by atoms with van der Waals surface area (Å²) in [4.78, 5) is 15.3. The van der Waals surface area contributed by atoms with Crippen molar-refractivity contribution in [2.45, 2.75) is 5.41 Å². The van der Waals surface area contributed by atoms with Gasteiger partial charge in [0.1, 0.15) is 0 Å². The number of hydrogen-bond donors (Lipinski definition) is 0. The molecule has 0 unspecified atom stereocenters. The molecule has 0 atom stereocenters. The van der Waals surface area contributed by atoms with Crippen molar-refractivity contribution in [2.24, 2.45) is 0 Å². The number of nitrogens with zero attached hydrogens (tertiary/aromatic N) is 3. The Morgan fingerprint density at radius 3 is 1.60 bits per heavy atom. The van der Waals surface area contributed by atoms with Crippen LogP contribution in [0.15, 0.2) is 206 Å². The predicted molar refractivity (Wildman–Crippen MR) is 246 cm³/mol. The average molecular weight is 760 g/mol. The second-order valence-corrected chi connectivity index (χ2v) is 16.2. The lowest BCUT2D eigenvalue weighted by Crippen LogP contribution is -2.59. The first kappa shape index (κ1) is 33.3. The zero-order valence-electron chi connectivity index (χ0n) is 32.5. The summed E-state index contributed by atoms with van der Waals surface area (Å²) in [6, 6.07) is 75.0. The van der Waals surface area contributed by atoms with Gasteiger partial charge < -0.3 is 0 Å². The van der Waals surface area contributed by atoms with Gasteiger partial charge in [-0.3, -0.25) is 0 Å². The van der Waals surface area contributed by atoms with Crippen LogP contribution >= 0.6 is 0 Å². The van der Waals surface area contributed by atoms with Crippen LogP contribution in [0.25, 0.3) is 78.3 Å². The van der Waals surface area contributed by atoms with Crippen LogP contribution in [0.2, 0.25) is 0 Å². The fraction of sp³-hybridized carbons (Fsp3) is 0.0179. The molecule has 2 aliphatic heterocycles. The number of hydrogen-bond acceptors (Lipinski definition) is 3. The van der Waals surface area contributed by atoms with Crippen molar-refractivity contribution in [1.82, 2.24) is 15.0 Å². The highest BCUT2D eigenvalue weighted by Crippen LogP contribution is 2.57. The molecule has 1 spiro atoms. The number of fused-ring (bicyclic) bond motifs is 13. The summed E-state index contributed by atoms with van der Waals surface area (Å²) < 4.78 is 0. The zero-order valence-corrected chi connectivity index (χ0v) is 32.5. The highest BCUT2D eigenvalue weighted by atomic mass is 15.0. The minimum absolute atomic E-state index is 0.140. The Balaban J connectivity index is 0.974. The Morgan fingerprint density at radius 2 is 0.817 bits per heavy atom. The van der Waals surface area contributed by atoms with Gasteiger partial charge in [-0.1, -0.05) is 223 Å². The van der Waals surface area contributed by atoms with Gasteiger partial charge in [-0.05, 0) is 66.4 Å². The summed E-state index contributed by atoms with van der Waals surface area (Å²) in [6.45, 7) is 0.140. The van der Waals surface area contributed by atoms with Crippen molar-refractivity contribution < 1.29 is 0 Å². The Bertz CT molecular complexity index is 3340. The van der Waals surface area contributed by atoms with Gasteiger partial charge in [-0.25, -0.2) is 15.0 Å². The first-order valence-corrected chi connectivity index (χ1v) is 20.7. The van der Waals surface area contributed by atoms with E-state index in [0.29, 0.717) is 17.5 Å². The molecule has 0 bridgehead atoms. The van der Waals surface area contributed by atoms with E-state index in [1.807, 2.05) is 18.2 Å². The maximum Gasteiger partial charge on any atom is 0.243 e. The highest BCUT2D eigenvalue weighted by molar-refractivity contribution is 7.00. The second kappa shape index (κ2) is 12.7. The van der Waals surface area contributed by atoms with Crippen LogP contribution in [0.4, 0.5) is 0 Å². The molecule has 9 aromatic carbocycles. The van der Waals surface area contributed by atoms with Crippen molar-refractivity contribution in [3.8, 4) is 67.5 Å².